The number of hydrogen-bond acceptors (Lipinski definition) is 3. The van der Waals surface area contributed by atoms with Crippen LogP contribution < -0.4 is 4.74 Å². The lowest BCUT2D eigenvalue weighted by atomic mass is 9.95. The van der Waals surface area contributed by atoms with E-state index in [9.17, 15) is 9.90 Å². The summed E-state index contributed by atoms with van der Waals surface area (Å²) in [6.45, 7) is 7.61. The van der Waals surface area contributed by atoms with E-state index in [-0.39, 0.29) is 5.56 Å². The van der Waals surface area contributed by atoms with Crippen molar-refractivity contribution in [2.24, 2.45) is 0 Å². The van der Waals surface area contributed by atoms with E-state index in [2.05, 4.69) is 43.5 Å². The van der Waals surface area contributed by atoms with E-state index in [0.29, 0.717) is 24.8 Å². The summed E-state index contributed by atoms with van der Waals surface area (Å²) < 4.78 is 7.98. The van der Waals surface area contributed by atoms with Gasteiger partial charge in [0.2, 0.25) is 0 Å². The topological polar surface area (TPSA) is 64.4 Å². The third-order valence-electron chi connectivity index (χ3n) is 5.10. The maximum atomic E-state index is 11.3. The molecule has 2 aromatic carbocycles. The zero-order valence-corrected chi connectivity index (χ0v) is 15.7. The molecule has 5 heteroatoms. The molecule has 0 bridgehead atoms. The van der Waals surface area contributed by atoms with E-state index in [1.807, 2.05) is 6.07 Å². The monoisotopic (exact) mass is 362 g/mol. The Hall–Kier alpha value is -3.08. The first kappa shape index (κ1) is 17.3. The largest absolute Gasteiger partial charge is 0.491 e. The lowest BCUT2D eigenvalue weighted by Gasteiger charge is -2.12. The second-order valence-electron chi connectivity index (χ2n) is 7.13. The quantitative estimate of drug-likeness (QED) is 0.731. The smallest absolute Gasteiger partial charge is 0.335 e. The summed E-state index contributed by atoms with van der Waals surface area (Å²) in [5, 5.41) is 9.25. The Labute approximate surface area is 158 Å². The number of aromatic nitrogens is 2. The molecule has 1 aliphatic rings. The van der Waals surface area contributed by atoms with Crippen LogP contribution in [0.4, 0.5) is 0 Å². The Morgan fingerprint density at radius 1 is 1.19 bits per heavy atom. The van der Waals surface area contributed by atoms with Gasteiger partial charge in [-0.25, -0.2) is 9.78 Å². The van der Waals surface area contributed by atoms with Crippen LogP contribution in [0.2, 0.25) is 0 Å². The minimum Gasteiger partial charge on any atom is -0.491 e. The van der Waals surface area contributed by atoms with Gasteiger partial charge in [0, 0.05) is 11.3 Å². The molecule has 0 spiro atoms. The standard InChI is InChI=1S/C22H22N2O3/c1-13(2)16-6-4-5-7-17(16)20-14(3)24-10-11-27-19-12-15(22(25)26)8-9-18(19)21(24)23-20/h4-9,12-13H,10-11H2,1-3H3,(H,25,26). The first-order valence-electron chi connectivity index (χ1n) is 9.14. The molecule has 4 rings (SSSR count). The summed E-state index contributed by atoms with van der Waals surface area (Å²) in [7, 11) is 0. The molecule has 138 valence electrons. The minimum atomic E-state index is -0.961. The zero-order valence-electron chi connectivity index (χ0n) is 15.7. The molecule has 0 amide bonds. The average molecular weight is 362 g/mol. The number of benzene rings is 2. The van der Waals surface area contributed by atoms with Crippen LogP contribution in [-0.4, -0.2) is 27.2 Å². The van der Waals surface area contributed by atoms with Gasteiger partial charge >= 0.3 is 5.97 Å². The highest BCUT2D eigenvalue weighted by Gasteiger charge is 2.24. The summed E-state index contributed by atoms with van der Waals surface area (Å²) in [4.78, 5) is 16.3. The molecule has 0 saturated carbocycles. The highest BCUT2D eigenvalue weighted by Crippen LogP contribution is 2.38. The summed E-state index contributed by atoms with van der Waals surface area (Å²) >= 11 is 0. The van der Waals surface area contributed by atoms with Gasteiger partial charge in [0.05, 0.1) is 23.4 Å². The molecule has 0 unspecified atom stereocenters. The van der Waals surface area contributed by atoms with Crippen LogP contribution in [0.15, 0.2) is 42.5 Å². The number of fused-ring (bicyclic) bond motifs is 3. The molecule has 3 aromatic rings. The van der Waals surface area contributed by atoms with Crippen molar-refractivity contribution < 1.29 is 14.6 Å². The fraction of sp³-hybridized carbons (Fsp3) is 0.273. The number of nitrogens with zero attached hydrogens (tertiary/aromatic N) is 2. The number of ether oxygens (including phenoxy) is 1. The maximum Gasteiger partial charge on any atom is 0.335 e. The molecule has 5 nitrogen and oxygen atoms in total. The minimum absolute atomic E-state index is 0.218. The summed E-state index contributed by atoms with van der Waals surface area (Å²) in [5.41, 5.74) is 5.54. The van der Waals surface area contributed by atoms with Crippen LogP contribution in [0.25, 0.3) is 22.6 Å². The number of carboxylic acid groups (broad SMARTS) is 1. The van der Waals surface area contributed by atoms with Crippen molar-refractivity contribution in [2.75, 3.05) is 6.61 Å². The van der Waals surface area contributed by atoms with Gasteiger partial charge in [0.1, 0.15) is 18.2 Å². The average Bonchev–Trinajstić information content (AvgIpc) is 2.86. The Morgan fingerprint density at radius 2 is 1.96 bits per heavy atom. The maximum absolute atomic E-state index is 11.3. The van der Waals surface area contributed by atoms with Gasteiger partial charge in [0.25, 0.3) is 0 Å². The van der Waals surface area contributed by atoms with Gasteiger partial charge in [-0.2, -0.15) is 0 Å². The van der Waals surface area contributed by atoms with E-state index in [1.54, 1.807) is 18.2 Å². The van der Waals surface area contributed by atoms with Crippen molar-refractivity contribution in [3.05, 3.63) is 59.3 Å². The molecule has 1 aromatic heterocycles. The van der Waals surface area contributed by atoms with Crippen molar-refractivity contribution in [3.8, 4) is 28.4 Å². The third-order valence-corrected chi connectivity index (χ3v) is 5.10. The Balaban J connectivity index is 1.91. The van der Waals surface area contributed by atoms with E-state index in [1.165, 1.54) is 5.56 Å². The SMILES string of the molecule is Cc1c(-c2ccccc2C(C)C)nc2n1CCOc1cc(C(=O)O)ccc1-2. The van der Waals surface area contributed by atoms with Crippen LogP contribution in [0.5, 0.6) is 5.75 Å². The van der Waals surface area contributed by atoms with Crippen LogP contribution in [0.3, 0.4) is 0 Å². The first-order valence-corrected chi connectivity index (χ1v) is 9.14. The second kappa shape index (κ2) is 6.58. The number of carboxylic acids is 1. The highest BCUT2D eigenvalue weighted by molar-refractivity contribution is 5.89. The molecule has 0 saturated heterocycles. The molecule has 0 aliphatic carbocycles. The lowest BCUT2D eigenvalue weighted by Crippen LogP contribution is -2.07. The van der Waals surface area contributed by atoms with E-state index in [4.69, 9.17) is 9.72 Å². The lowest BCUT2D eigenvalue weighted by molar-refractivity contribution is 0.0696. The van der Waals surface area contributed by atoms with Gasteiger partial charge in [-0.3, -0.25) is 0 Å². The second-order valence-corrected chi connectivity index (χ2v) is 7.13. The third kappa shape index (κ3) is 2.89. The number of aromatic carboxylic acids is 1. The van der Waals surface area contributed by atoms with Crippen LogP contribution >= 0.6 is 0 Å². The van der Waals surface area contributed by atoms with Crippen molar-refractivity contribution in [3.63, 3.8) is 0 Å². The summed E-state index contributed by atoms with van der Waals surface area (Å²) in [6, 6.07) is 13.4. The van der Waals surface area contributed by atoms with Crippen molar-refractivity contribution in [1.82, 2.24) is 9.55 Å². The molecule has 1 N–H and O–H groups in total. The van der Waals surface area contributed by atoms with Crippen LogP contribution in [-0.2, 0) is 6.54 Å². The molecular weight excluding hydrogens is 340 g/mol. The van der Waals surface area contributed by atoms with Crippen molar-refractivity contribution in [2.45, 2.75) is 33.2 Å². The predicted octanol–water partition coefficient (Wildman–Crippen LogP) is 4.74. The van der Waals surface area contributed by atoms with E-state index < -0.39 is 5.97 Å². The zero-order chi connectivity index (χ0) is 19.1. The number of hydrogen-bond donors (Lipinski definition) is 1. The first-order chi connectivity index (χ1) is 13.0. The summed E-state index contributed by atoms with van der Waals surface area (Å²) in [6.07, 6.45) is 0. The van der Waals surface area contributed by atoms with Crippen LogP contribution in [0, 0.1) is 6.92 Å². The highest BCUT2D eigenvalue weighted by atomic mass is 16.5. The number of imidazole rings is 1. The molecule has 1 aliphatic heterocycles. The van der Waals surface area contributed by atoms with Crippen molar-refractivity contribution in [1.29, 1.82) is 0 Å². The normalized spacial score (nSPS) is 12.9. The number of rotatable bonds is 3. The number of carbonyl (C=O) groups is 1. The molecule has 0 fully saturated rings. The molecule has 0 atom stereocenters. The Morgan fingerprint density at radius 3 is 2.70 bits per heavy atom. The van der Waals surface area contributed by atoms with Gasteiger partial charge in [-0.1, -0.05) is 38.1 Å². The van der Waals surface area contributed by atoms with Crippen LogP contribution in [0.1, 0.15) is 41.4 Å². The van der Waals surface area contributed by atoms with Gasteiger partial charge in [-0.05, 0) is 36.6 Å². The van der Waals surface area contributed by atoms with E-state index in [0.717, 1.165) is 28.3 Å². The molecule has 0 radical (unpaired) electrons. The van der Waals surface area contributed by atoms with Gasteiger partial charge in [0.15, 0.2) is 0 Å². The fourth-order valence-electron chi connectivity index (χ4n) is 3.69. The van der Waals surface area contributed by atoms with Gasteiger partial charge < -0.3 is 14.4 Å². The predicted molar refractivity (Wildman–Crippen MR) is 104 cm³/mol. The molecule has 2 heterocycles. The Kier molecular flexibility index (Phi) is 4.22. The Bertz CT molecular complexity index is 1030. The fourth-order valence-corrected chi connectivity index (χ4v) is 3.69. The van der Waals surface area contributed by atoms with Gasteiger partial charge in [-0.15, -0.1) is 0 Å². The van der Waals surface area contributed by atoms with E-state index >= 15 is 0 Å². The molecule has 27 heavy (non-hydrogen) atoms. The summed E-state index contributed by atoms with van der Waals surface area (Å²) in [5.74, 6) is 0.834. The molecular formula is C22H22N2O3. The van der Waals surface area contributed by atoms with Crippen molar-refractivity contribution >= 4 is 5.97 Å².